The quantitative estimate of drug-likeness (QED) is 0.314. The minimum absolute atomic E-state index is 0.0546. The molecule has 4 rings (SSSR count). The van der Waals surface area contributed by atoms with E-state index in [1.165, 1.54) is 12.8 Å². The third kappa shape index (κ3) is 4.55. The number of phenolic OH excluding ortho intramolecular Hbond substituents is 2. The van der Waals surface area contributed by atoms with Crippen LogP contribution in [0.5, 0.6) is 11.5 Å². The van der Waals surface area contributed by atoms with Gasteiger partial charge in [-0.3, -0.25) is 0 Å². The predicted molar refractivity (Wildman–Crippen MR) is 128 cm³/mol. The first-order valence-electron chi connectivity index (χ1n) is 10.8. The number of nitrogen functional groups attached to an aromatic ring is 1. The van der Waals surface area contributed by atoms with Crippen LogP contribution in [-0.2, 0) is 13.0 Å². The van der Waals surface area contributed by atoms with Gasteiger partial charge in [0.05, 0.1) is 18.0 Å². The fourth-order valence-corrected chi connectivity index (χ4v) is 4.03. The summed E-state index contributed by atoms with van der Waals surface area (Å²) >= 11 is 0. The molecule has 0 saturated heterocycles. The van der Waals surface area contributed by atoms with Gasteiger partial charge >= 0.3 is 0 Å². The monoisotopic (exact) mass is 431 g/mol. The molecule has 0 spiro atoms. The Hall–Kier alpha value is -3.51. The van der Waals surface area contributed by atoms with Gasteiger partial charge in [0, 0.05) is 16.8 Å². The highest BCUT2D eigenvalue weighted by Gasteiger charge is 2.23. The van der Waals surface area contributed by atoms with E-state index in [-0.39, 0.29) is 23.9 Å². The van der Waals surface area contributed by atoms with Crippen molar-refractivity contribution in [1.82, 2.24) is 4.98 Å². The normalized spacial score (nSPS) is 13.2. The number of aryl methyl sites for hydroxylation is 1. The van der Waals surface area contributed by atoms with Crippen LogP contribution in [0.4, 0.5) is 11.5 Å². The van der Waals surface area contributed by atoms with Gasteiger partial charge in [-0.25, -0.2) is 4.98 Å². The largest absolute Gasteiger partial charge is 0.507 e. The third-order valence-corrected chi connectivity index (χ3v) is 5.87. The number of nitrogens with one attached hydrogen (secondary N) is 1. The summed E-state index contributed by atoms with van der Waals surface area (Å²) in [5.41, 5.74) is 11.5. The highest BCUT2D eigenvalue weighted by atomic mass is 16.3. The summed E-state index contributed by atoms with van der Waals surface area (Å²) in [4.78, 5) is 4.52. The summed E-state index contributed by atoms with van der Waals surface area (Å²) < 4.78 is 0. The van der Waals surface area contributed by atoms with Crippen molar-refractivity contribution in [3.63, 3.8) is 0 Å². The van der Waals surface area contributed by atoms with Crippen LogP contribution in [0.25, 0.3) is 22.4 Å². The van der Waals surface area contributed by atoms with Crippen molar-refractivity contribution in [3.8, 4) is 33.9 Å². The maximum Gasteiger partial charge on any atom is 0.139 e. The number of rotatable bonds is 8. The number of anilines is 2. The average Bonchev–Trinajstić information content (AvgIpc) is 3.57. The van der Waals surface area contributed by atoms with E-state index in [2.05, 4.69) is 16.9 Å². The van der Waals surface area contributed by atoms with Gasteiger partial charge in [0.25, 0.3) is 0 Å². The lowest BCUT2D eigenvalue weighted by Crippen LogP contribution is -2.04. The molecule has 0 radical (unpaired) electrons. The second kappa shape index (κ2) is 8.93. The molecule has 1 aromatic heterocycles. The predicted octanol–water partition coefficient (Wildman–Crippen LogP) is 5.19. The molecule has 1 aliphatic rings. The molecule has 1 saturated carbocycles. The molecular weight excluding hydrogens is 402 g/mol. The smallest absolute Gasteiger partial charge is 0.139 e. The first-order chi connectivity index (χ1) is 15.4. The number of nitrogens with two attached hydrogens (primary N) is 1. The lowest BCUT2D eigenvalue weighted by atomic mass is 9.94. The molecule has 1 fully saturated rings. The number of aromatic hydroxyl groups is 2. The number of nitrogens with zero attached hydrogens (tertiary/aromatic N) is 1. The molecule has 166 valence electrons. The van der Waals surface area contributed by atoms with Gasteiger partial charge in [0.15, 0.2) is 0 Å². The Morgan fingerprint density at radius 1 is 1.16 bits per heavy atom. The van der Waals surface area contributed by atoms with Crippen LogP contribution in [0, 0.1) is 5.92 Å². The number of phenols is 2. The molecule has 6 nitrogen and oxygen atoms in total. The van der Waals surface area contributed by atoms with Crippen LogP contribution < -0.4 is 11.1 Å². The molecule has 0 unspecified atom stereocenters. The zero-order chi connectivity index (χ0) is 22.8. The van der Waals surface area contributed by atoms with Crippen molar-refractivity contribution >= 4 is 11.5 Å². The highest BCUT2D eigenvalue weighted by molar-refractivity contribution is 5.82. The number of pyridine rings is 1. The summed E-state index contributed by atoms with van der Waals surface area (Å²) in [6.45, 7) is 5.31. The van der Waals surface area contributed by atoms with E-state index in [1.54, 1.807) is 25.1 Å². The lowest BCUT2D eigenvalue weighted by Gasteiger charge is -2.17. The van der Waals surface area contributed by atoms with E-state index in [9.17, 15) is 15.3 Å². The molecular formula is C26H29N3O3. The van der Waals surface area contributed by atoms with Crippen LogP contribution in [-0.4, -0.2) is 20.3 Å². The van der Waals surface area contributed by atoms with Crippen LogP contribution in [0.15, 0.2) is 54.7 Å². The van der Waals surface area contributed by atoms with Crippen molar-refractivity contribution in [2.24, 2.45) is 5.92 Å². The molecule has 3 aromatic rings. The maximum absolute atomic E-state index is 10.7. The Morgan fingerprint density at radius 2 is 1.94 bits per heavy atom. The fourth-order valence-electron chi connectivity index (χ4n) is 4.03. The van der Waals surface area contributed by atoms with Crippen LogP contribution in [0.1, 0.15) is 37.3 Å². The first-order valence-corrected chi connectivity index (χ1v) is 10.8. The molecule has 0 aliphatic heterocycles. The SMILES string of the molecule is C=C(C)Nc1ccc(-c2cc(-c3c(O)cccc3CCC3CC3)nc(N)c2CO)cc1O. The van der Waals surface area contributed by atoms with Crippen molar-refractivity contribution in [2.75, 3.05) is 11.1 Å². The first kappa shape index (κ1) is 21.7. The number of hydrogen-bond acceptors (Lipinski definition) is 6. The Bertz CT molecular complexity index is 1170. The van der Waals surface area contributed by atoms with Gasteiger partial charge in [0.1, 0.15) is 17.3 Å². The van der Waals surface area contributed by atoms with E-state index in [0.717, 1.165) is 24.3 Å². The molecule has 32 heavy (non-hydrogen) atoms. The minimum Gasteiger partial charge on any atom is -0.507 e. The second-order valence-electron chi connectivity index (χ2n) is 8.51. The Labute approximate surface area is 188 Å². The van der Waals surface area contributed by atoms with Crippen molar-refractivity contribution < 1.29 is 15.3 Å². The van der Waals surface area contributed by atoms with Gasteiger partial charge in [0.2, 0.25) is 0 Å². The standard InChI is InChI=1S/C26H29N3O3/c1-15(2)28-21-11-10-18(12-24(21)32)19-13-22(29-26(27)20(19)14-30)25-17(4-3-5-23(25)31)9-8-16-6-7-16/h3-5,10-13,16,28,30-32H,1,6-9,14H2,2H3,(H2,27,29). The number of aliphatic hydroxyl groups is 1. The van der Waals surface area contributed by atoms with Crippen molar-refractivity contribution in [1.29, 1.82) is 0 Å². The summed E-state index contributed by atoms with van der Waals surface area (Å²) in [5.74, 6) is 1.17. The molecule has 2 aromatic carbocycles. The molecule has 6 heteroatoms. The van der Waals surface area contributed by atoms with Gasteiger partial charge in [-0.05, 0) is 66.6 Å². The van der Waals surface area contributed by atoms with Crippen LogP contribution in [0.2, 0.25) is 0 Å². The topological polar surface area (TPSA) is 112 Å². The minimum atomic E-state index is -0.295. The number of allylic oxidation sites excluding steroid dienone is 1. The van der Waals surface area contributed by atoms with E-state index >= 15 is 0 Å². The fraction of sp³-hybridized carbons (Fsp3) is 0.269. The molecule has 6 N–H and O–H groups in total. The molecule has 1 heterocycles. The number of aromatic nitrogens is 1. The Kier molecular flexibility index (Phi) is 6.06. The summed E-state index contributed by atoms with van der Waals surface area (Å²) in [6, 6.07) is 12.5. The average molecular weight is 432 g/mol. The number of hydrogen-bond donors (Lipinski definition) is 5. The zero-order valence-corrected chi connectivity index (χ0v) is 18.2. The summed E-state index contributed by atoms with van der Waals surface area (Å²) in [7, 11) is 0. The van der Waals surface area contributed by atoms with Gasteiger partial charge in [-0.2, -0.15) is 0 Å². The van der Waals surface area contributed by atoms with E-state index < -0.39 is 0 Å². The molecule has 0 amide bonds. The van der Waals surface area contributed by atoms with Crippen LogP contribution in [0.3, 0.4) is 0 Å². The Balaban J connectivity index is 1.81. The van der Waals surface area contributed by atoms with Crippen LogP contribution >= 0.6 is 0 Å². The van der Waals surface area contributed by atoms with Gasteiger partial charge < -0.3 is 26.4 Å². The summed E-state index contributed by atoms with van der Waals surface area (Å²) in [5, 5.41) is 34.1. The van der Waals surface area contributed by atoms with Gasteiger partial charge in [-0.15, -0.1) is 0 Å². The second-order valence-corrected chi connectivity index (χ2v) is 8.51. The van der Waals surface area contributed by atoms with E-state index in [0.29, 0.717) is 39.3 Å². The highest BCUT2D eigenvalue weighted by Crippen LogP contribution is 2.40. The molecule has 0 bridgehead atoms. The molecule has 0 atom stereocenters. The van der Waals surface area contributed by atoms with Crippen molar-refractivity contribution in [2.45, 2.75) is 39.2 Å². The van der Waals surface area contributed by atoms with E-state index in [4.69, 9.17) is 5.73 Å². The zero-order valence-electron chi connectivity index (χ0n) is 18.2. The van der Waals surface area contributed by atoms with Gasteiger partial charge in [-0.1, -0.05) is 37.6 Å². The third-order valence-electron chi connectivity index (χ3n) is 5.87. The van der Waals surface area contributed by atoms with E-state index in [1.807, 2.05) is 24.3 Å². The lowest BCUT2D eigenvalue weighted by molar-refractivity contribution is 0.283. The Morgan fingerprint density at radius 3 is 2.59 bits per heavy atom. The number of aliphatic hydroxyl groups excluding tert-OH is 1. The maximum atomic E-state index is 10.7. The molecule has 1 aliphatic carbocycles. The summed E-state index contributed by atoms with van der Waals surface area (Å²) in [6.07, 6.45) is 4.48. The van der Waals surface area contributed by atoms with Crippen molar-refractivity contribution in [3.05, 3.63) is 65.9 Å². The number of benzene rings is 2.